The first-order chi connectivity index (χ1) is 12.4. The van der Waals surface area contributed by atoms with Crippen LogP contribution in [0.25, 0.3) is 0 Å². The SMILES string of the molecule is CC1CCCC(NC(=O)CCc2cc(C(C)(C)C)c(O)c(C(C)(C)C)c2)C1. The summed E-state index contributed by atoms with van der Waals surface area (Å²) < 4.78 is 0. The molecule has 2 atom stereocenters. The number of aryl methyl sites for hydroxylation is 1. The number of phenolic OH excluding ortho intramolecular Hbond substituents is 1. The van der Waals surface area contributed by atoms with Crippen molar-refractivity contribution in [3.05, 3.63) is 28.8 Å². The normalized spacial score (nSPS) is 21.1. The molecule has 1 saturated carbocycles. The van der Waals surface area contributed by atoms with E-state index in [0.717, 1.165) is 29.5 Å². The first-order valence-corrected chi connectivity index (χ1v) is 10.5. The maximum atomic E-state index is 12.5. The van der Waals surface area contributed by atoms with Gasteiger partial charge >= 0.3 is 0 Å². The molecule has 1 fully saturated rings. The molecule has 0 saturated heterocycles. The number of benzene rings is 1. The van der Waals surface area contributed by atoms with E-state index in [1.807, 2.05) is 0 Å². The molecular weight excluding hydrogens is 334 g/mol. The average Bonchev–Trinajstić information content (AvgIpc) is 2.51. The Hall–Kier alpha value is -1.51. The van der Waals surface area contributed by atoms with E-state index < -0.39 is 0 Å². The Labute approximate surface area is 166 Å². The second kappa shape index (κ2) is 8.24. The van der Waals surface area contributed by atoms with Crippen LogP contribution >= 0.6 is 0 Å². The zero-order valence-electron chi connectivity index (χ0n) is 18.4. The lowest BCUT2D eigenvalue weighted by Gasteiger charge is -2.28. The van der Waals surface area contributed by atoms with Gasteiger partial charge in [0.05, 0.1) is 0 Å². The van der Waals surface area contributed by atoms with Crippen LogP contribution in [0.5, 0.6) is 5.75 Å². The largest absolute Gasteiger partial charge is 0.507 e. The number of nitrogens with one attached hydrogen (secondary N) is 1. The molecule has 0 aliphatic heterocycles. The number of hydrogen-bond donors (Lipinski definition) is 2. The van der Waals surface area contributed by atoms with Crippen molar-refractivity contribution in [3.63, 3.8) is 0 Å². The van der Waals surface area contributed by atoms with Gasteiger partial charge in [0.25, 0.3) is 0 Å². The molecule has 0 heterocycles. The molecule has 152 valence electrons. The van der Waals surface area contributed by atoms with Crippen LogP contribution in [0.15, 0.2) is 12.1 Å². The number of phenols is 1. The van der Waals surface area contributed by atoms with E-state index in [1.165, 1.54) is 12.8 Å². The van der Waals surface area contributed by atoms with Crippen molar-refractivity contribution in [1.82, 2.24) is 5.32 Å². The fraction of sp³-hybridized carbons (Fsp3) is 0.708. The van der Waals surface area contributed by atoms with Gasteiger partial charge in [0.1, 0.15) is 5.75 Å². The summed E-state index contributed by atoms with van der Waals surface area (Å²) in [4.78, 5) is 12.5. The number of aromatic hydroxyl groups is 1. The molecule has 1 aliphatic rings. The number of carbonyl (C=O) groups is 1. The van der Waals surface area contributed by atoms with Gasteiger partial charge in [0.15, 0.2) is 0 Å². The van der Waals surface area contributed by atoms with Crippen LogP contribution < -0.4 is 5.32 Å². The third-order valence-corrected chi connectivity index (χ3v) is 5.73. The Balaban J connectivity index is 2.12. The standard InChI is InChI=1S/C24H39NO2/c1-16-9-8-10-18(13-16)25-21(26)12-11-17-14-19(23(2,3)4)22(27)20(15-17)24(5,6)7/h14-16,18,27H,8-13H2,1-7H3,(H,25,26). The Kier molecular flexibility index (Phi) is 6.65. The molecule has 2 unspecified atom stereocenters. The Morgan fingerprint density at radius 3 is 2.11 bits per heavy atom. The molecule has 1 aromatic carbocycles. The molecule has 3 heteroatoms. The first-order valence-electron chi connectivity index (χ1n) is 10.5. The van der Waals surface area contributed by atoms with Gasteiger partial charge in [0.2, 0.25) is 5.91 Å². The van der Waals surface area contributed by atoms with Gasteiger partial charge in [0, 0.05) is 12.5 Å². The van der Waals surface area contributed by atoms with E-state index >= 15 is 0 Å². The molecule has 1 aromatic rings. The van der Waals surface area contributed by atoms with Gasteiger partial charge in [-0.3, -0.25) is 4.79 Å². The van der Waals surface area contributed by atoms with Crippen molar-refractivity contribution < 1.29 is 9.90 Å². The summed E-state index contributed by atoms with van der Waals surface area (Å²) in [6.45, 7) is 15.0. The molecule has 0 bridgehead atoms. The van der Waals surface area contributed by atoms with Crippen molar-refractivity contribution in [1.29, 1.82) is 0 Å². The van der Waals surface area contributed by atoms with Gasteiger partial charge in [-0.1, -0.05) is 73.4 Å². The summed E-state index contributed by atoms with van der Waals surface area (Å²) in [5, 5.41) is 14.1. The highest BCUT2D eigenvalue weighted by molar-refractivity contribution is 5.76. The number of carbonyl (C=O) groups excluding carboxylic acids is 1. The van der Waals surface area contributed by atoms with Crippen molar-refractivity contribution in [2.45, 2.75) is 104 Å². The van der Waals surface area contributed by atoms with Crippen LogP contribution in [-0.4, -0.2) is 17.1 Å². The van der Waals surface area contributed by atoms with Crippen molar-refractivity contribution in [2.75, 3.05) is 0 Å². The van der Waals surface area contributed by atoms with E-state index in [9.17, 15) is 9.90 Å². The molecule has 3 nitrogen and oxygen atoms in total. The number of amides is 1. The van der Waals surface area contributed by atoms with E-state index in [4.69, 9.17) is 0 Å². The lowest BCUT2D eigenvalue weighted by molar-refractivity contribution is -0.122. The lowest BCUT2D eigenvalue weighted by Crippen LogP contribution is -2.38. The minimum atomic E-state index is -0.138. The fourth-order valence-electron chi connectivity index (χ4n) is 4.10. The van der Waals surface area contributed by atoms with Crippen LogP contribution in [0.1, 0.15) is 97.3 Å². The van der Waals surface area contributed by atoms with Crippen LogP contribution in [0.3, 0.4) is 0 Å². The smallest absolute Gasteiger partial charge is 0.220 e. The predicted molar refractivity (Wildman–Crippen MR) is 113 cm³/mol. The topological polar surface area (TPSA) is 49.3 Å². The highest BCUT2D eigenvalue weighted by Gasteiger charge is 2.27. The first kappa shape index (κ1) is 21.8. The fourth-order valence-corrected chi connectivity index (χ4v) is 4.10. The summed E-state index contributed by atoms with van der Waals surface area (Å²) in [5.41, 5.74) is 2.79. The Morgan fingerprint density at radius 2 is 1.63 bits per heavy atom. The third-order valence-electron chi connectivity index (χ3n) is 5.73. The average molecular weight is 374 g/mol. The van der Waals surface area contributed by atoms with Crippen molar-refractivity contribution in [3.8, 4) is 5.75 Å². The van der Waals surface area contributed by atoms with Crippen LogP contribution in [0, 0.1) is 5.92 Å². The quantitative estimate of drug-likeness (QED) is 0.720. The molecule has 1 amide bonds. The molecule has 1 aliphatic carbocycles. The van der Waals surface area contributed by atoms with Gasteiger partial charge in [-0.05, 0) is 52.7 Å². The number of rotatable bonds is 4. The summed E-state index contributed by atoms with van der Waals surface area (Å²) in [7, 11) is 0. The van der Waals surface area contributed by atoms with Gasteiger partial charge in [-0.15, -0.1) is 0 Å². The monoisotopic (exact) mass is 373 g/mol. The second-order valence-electron chi connectivity index (χ2n) is 10.6. The van der Waals surface area contributed by atoms with Crippen LogP contribution in [0.2, 0.25) is 0 Å². The molecule has 0 aromatic heterocycles. The molecular formula is C24H39NO2. The summed E-state index contributed by atoms with van der Waals surface area (Å²) in [5.74, 6) is 1.26. The van der Waals surface area contributed by atoms with Crippen LogP contribution in [-0.2, 0) is 22.0 Å². The zero-order chi connectivity index (χ0) is 20.4. The maximum absolute atomic E-state index is 12.5. The lowest BCUT2D eigenvalue weighted by atomic mass is 9.78. The maximum Gasteiger partial charge on any atom is 0.220 e. The van der Waals surface area contributed by atoms with Crippen LogP contribution in [0.4, 0.5) is 0 Å². The third kappa shape index (κ3) is 5.99. The van der Waals surface area contributed by atoms with Crippen molar-refractivity contribution in [2.24, 2.45) is 5.92 Å². The molecule has 0 radical (unpaired) electrons. The molecule has 2 rings (SSSR count). The predicted octanol–water partition coefficient (Wildman–Crippen LogP) is 5.61. The minimum absolute atomic E-state index is 0.138. The second-order valence-corrected chi connectivity index (χ2v) is 10.6. The summed E-state index contributed by atoms with van der Waals surface area (Å²) in [6, 6.07) is 4.51. The highest BCUT2D eigenvalue weighted by Crippen LogP contribution is 2.40. The number of hydrogen-bond acceptors (Lipinski definition) is 2. The van der Waals surface area contributed by atoms with E-state index in [0.29, 0.717) is 30.6 Å². The van der Waals surface area contributed by atoms with Gasteiger partial charge < -0.3 is 10.4 Å². The summed E-state index contributed by atoms with van der Waals surface area (Å²) >= 11 is 0. The zero-order valence-corrected chi connectivity index (χ0v) is 18.4. The highest BCUT2D eigenvalue weighted by atomic mass is 16.3. The Bertz CT molecular complexity index is 629. The molecule has 0 spiro atoms. The minimum Gasteiger partial charge on any atom is -0.507 e. The Morgan fingerprint density at radius 1 is 1.07 bits per heavy atom. The van der Waals surface area contributed by atoms with Gasteiger partial charge in [-0.2, -0.15) is 0 Å². The van der Waals surface area contributed by atoms with E-state index in [-0.39, 0.29) is 16.7 Å². The van der Waals surface area contributed by atoms with E-state index in [1.54, 1.807) is 0 Å². The van der Waals surface area contributed by atoms with Crippen molar-refractivity contribution >= 4 is 5.91 Å². The summed E-state index contributed by atoms with van der Waals surface area (Å²) in [6.07, 6.45) is 5.92. The van der Waals surface area contributed by atoms with E-state index in [2.05, 4.69) is 65.9 Å². The molecule has 2 N–H and O–H groups in total. The molecule has 27 heavy (non-hydrogen) atoms. The van der Waals surface area contributed by atoms with Gasteiger partial charge in [-0.25, -0.2) is 0 Å².